The Morgan fingerprint density at radius 2 is 2.00 bits per heavy atom. The molecule has 2 aromatic carbocycles. The predicted octanol–water partition coefficient (Wildman–Crippen LogP) is 3.12. The minimum Gasteiger partial charge on any atom is -0.378 e. The summed E-state index contributed by atoms with van der Waals surface area (Å²) >= 11 is 1.58. The molecule has 2 amide bonds. The fourth-order valence-corrected chi connectivity index (χ4v) is 4.13. The van der Waals surface area contributed by atoms with Crippen LogP contribution < -0.4 is 15.1 Å². The third-order valence-corrected chi connectivity index (χ3v) is 5.46. The Morgan fingerprint density at radius 1 is 1.26 bits per heavy atom. The summed E-state index contributed by atoms with van der Waals surface area (Å²) in [6.07, 6.45) is 0. The van der Waals surface area contributed by atoms with Crippen LogP contribution in [0.25, 0.3) is 0 Å². The number of rotatable bonds is 6. The second-order valence-electron chi connectivity index (χ2n) is 6.44. The van der Waals surface area contributed by atoms with Gasteiger partial charge in [-0.15, -0.1) is 11.8 Å². The molecule has 3 rings (SSSR count). The molecule has 0 bridgehead atoms. The Kier molecular flexibility index (Phi) is 6.03. The van der Waals surface area contributed by atoms with Crippen molar-refractivity contribution in [2.75, 3.05) is 48.7 Å². The molecule has 0 spiro atoms. The fourth-order valence-electron chi connectivity index (χ4n) is 2.96. The first-order valence-corrected chi connectivity index (χ1v) is 9.64. The van der Waals surface area contributed by atoms with Crippen LogP contribution in [0.3, 0.4) is 0 Å². The second-order valence-corrected chi connectivity index (χ2v) is 7.51. The molecule has 6 nitrogen and oxygen atoms in total. The predicted molar refractivity (Wildman–Crippen MR) is 110 cm³/mol. The quantitative estimate of drug-likeness (QED) is 0.828. The normalized spacial score (nSPS) is 16.5. The molecule has 27 heavy (non-hydrogen) atoms. The average Bonchev–Trinajstić information content (AvgIpc) is 3.03. The number of benzene rings is 2. The zero-order valence-corrected chi connectivity index (χ0v) is 16.5. The van der Waals surface area contributed by atoms with Gasteiger partial charge < -0.3 is 15.0 Å². The molecule has 1 aliphatic rings. The molecule has 142 valence electrons. The first-order chi connectivity index (χ1) is 13.0. The van der Waals surface area contributed by atoms with Gasteiger partial charge in [-0.1, -0.05) is 12.1 Å². The van der Waals surface area contributed by atoms with E-state index in [2.05, 4.69) is 5.32 Å². The van der Waals surface area contributed by atoms with Gasteiger partial charge in [-0.3, -0.25) is 14.5 Å². The van der Waals surface area contributed by atoms with Crippen LogP contribution in [0.15, 0.2) is 48.5 Å². The third-order valence-electron chi connectivity index (χ3n) is 4.24. The Bertz CT molecular complexity index is 823. The average molecular weight is 385 g/mol. The van der Waals surface area contributed by atoms with Crippen molar-refractivity contribution in [3.05, 3.63) is 54.1 Å². The Hall–Kier alpha value is -2.51. The molecule has 0 radical (unpaired) electrons. The highest BCUT2D eigenvalue weighted by atomic mass is 32.2. The summed E-state index contributed by atoms with van der Waals surface area (Å²) in [5.41, 5.74) is 3.61. The van der Waals surface area contributed by atoms with E-state index in [1.54, 1.807) is 11.8 Å². The molecule has 1 N–H and O–H groups in total. The summed E-state index contributed by atoms with van der Waals surface area (Å²) in [6, 6.07) is 15.5. The molecule has 2 aromatic rings. The lowest BCUT2D eigenvalue weighted by molar-refractivity contribution is -0.119. The molecule has 7 heteroatoms. The van der Waals surface area contributed by atoms with E-state index in [-0.39, 0.29) is 23.8 Å². The maximum absolute atomic E-state index is 12.5. The fraction of sp³-hybridized carbons (Fsp3) is 0.300. The minimum atomic E-state index is -0.207. The molecular weight excluding hydrogens is 362 g/mol. The van der Waals surface area contributed by atoms with Crippen LogP contribution in [0.5, 0.6) is 0 Å². The molecule has 0 aliphatic carbocycles. The van der Waals surface area contributed by atoms with Crippen LogP contribution in [0.2, 0.25) is 0 Å². The zero-order valence-electron chi connectivity index (χ0n) is 15.6. The van der Waals surface area contributed by atoms with E-state index in [1.165, 1.54) is 7.11 Å². The summed E-state index contributed by atoms with van der Waals surface area (Å²) in [5, 5.41) is 2.69. The summed E-state index contributed by atoms with van der Waals surface area (Å²) in [5.74, 6) is 0.303. The van der Waals surface area contributed by atoms with Crippen LogP contribution in [0, 0.1) is 0 Å². The van der Waals surface area contributed by atoms with Crippen molar-refractivity contribution in [3.8, 4) is 0 Å². The van der Waals surface area contributed by atoms with Crippen LogP contribution in [0.1, 0.15) is 10.9 Å². The zero-order chi connectivity index (χ0) is 19.4. The number of hydrogen-bond donors (Lipinski definition) is 1. The number of thioether (sulfide) groups is 1. The van der Waals surface area contributed by atoms with Crippen molar-refractivity contribution >= 4 is 40.6 Å². The van der Waals surface area contributed by atoms with E-state index in [9.17, 15) is 9.59 Å². The summed E-state index contributed by atoms with van der Waals surface area (Å²) in [7, 11) is 5.45. The molecule has 1 atom stereocenters. The molecular formula is C20H23N3O3S. The van der Waals surface area contributed by atoms with E-state index >= 15 is 0 Å². The van der Waals surface area contributed by atoms with Gasteiger partial charge in [0.15, 0.2) is 0 Å². The number of nitrogens with one attached hydrogen (secondary N) is 1. The lowest BCUT2D eigenvalue weighted by atomic mass is 10.1. The summed E-state index contributed by atoms with van der Waals surface area (Å²) < 4.78 is 4.85. The van der Waals surface area contributed by atoms with Gasteiger partial charge in [0, 0.05) is 38.3 Å². The van der Waals surface area contributed by atoms with Gasteiger partial charge in [0.05, 0.1) is 5.75 Å². The lowest BCUT2D eigenvalue weighted by Crippen LogP contribution is -2.28. The lowest BCUT2D eigenvalue weighted by Gasteiger charge is -2.25. The second kappa shape index (κ2) is 8.45. The largest absolute Gasteiger partial charge is 0.378 e. The number of nitrogens with zero attached hydrogens (tertiary/aromatic N) is 2. The van der Waals surface area contributed by atoms with Crippen LogP contribution in [-0.4, -0.2) is 45.4 Å². The van der Waals surface area contributed by atoms with E-state index in [0.717, 1.165) is 16.9 Å². The van der Waals surface area contributed by atoms with Gasteiger partial charge >= 0.3 is 0 Å². The number of hydrogen-bond acceptors (Lipinski definition) is 5. The van der Waals surface area contributed by atoms with Crippen LogP contribution in [0.4, 0.5) is 17.1 Å². The van der Waals surface area contributed by atoms with Gasteiger partial charge in [-0.2, -0.15) is 0 Å². The maximum atomic E-state index is 12.5. The van der Waals surface area contributed by atoms with Crippen molar-refractivity contribution in [1.29, 1.82) is 0 Å². The highest BCUT2D eigenvalue weighted by Gasteiger charge is 2.34. The highest BCUT2D eigenvalue weighted by molar-refractivity contribution is 8.00. The van der Waals surface area contributed by atoms with Gasteiger partial charge in [-0.05, 0) is 42.0 Å². The smallest absolute Gasteiger partial charge is 0.250 e. The topological polar surface area (TPSA) is 61.9 Å². The number of carbonyl (C=O) groups excluding carboxylic acids is 2. The van der Waals surface area contributed by atoms with Crippen molar-refractivity contribution < 1.29 is 14.3 Å². The van der Waals surface area contributed by atoms with Gasteiger partial charge in [0.2, 0.25) is 11.8 Å². The highest BCUT2D eigenvalue weighted by Crippen LogP contribution is 2.42. The number of amides is 2. The van der Waals surface area contributed by atoms with Crippen LogP contribution in [-0.2, 0) is 14.3 Å². The van der Waals surface area contributed by atoms with Crippen molar-refractivity contribution in [2.45, 2.75) is 5.37 Å². The van der Waals surface area contributed by atoms with E-state index in [0.29, 0.717) is 11.4 Å². The minimum absolute atomic E-state index is 0.00520. The number of carbonyl (C=O) groups is 2. The first kappa shape index (κ1) is 19.3. The molecule has 1 fully saturated rings. The monoisotopic (exact) mass is 385 g/mol. The van der Waals surface area contributed by atoms with Gasteiger partial charge in [0.1, 0.15) is 12.0 Å². The van der Waals surface area contributed by atoms with E-state index in [4.69, 9.17) is 4.74 Å². The van der Waals surface area contributed by atoms with E-state index < -0.39 is 0 Å². The summed E-state index contributed by atoms with van der Waals surface area (Å²) in [6.45, 7) is 0.00520. The van der Waals surface area contributed by atoms with Crippen molar-refractivity contribution in [3.63, 3.8) is 0 Å². The van der Waals surface area contributed by atoms with Crippen molar-refractivity contribution in [2.24, 2.45) is 0 Å². The Labute approximate surface area is 163 Å². The van der Waals surface area contributed by atoms with Gasteiger partial charge in [-0.25, -0.2) is 0 Å². The Balaban J connectivity index is 1.84. The third kappa shape index (κ3) is 4.43. The van der Waals surface area contributed by atoms with E-state index in [1.807, 2.05) is 72.4 Å². The molecule has 1 saturated heterocycles. The van der Waals surface area contributed by atoms with Crippen LogP contribution >= 0.6 is 11.8 Å². The SMILES string of the molecule is COCC(=O)Nc1cccc([C@@H]2SCC(=O)N2c2ccc(N(C)C)cc2)c1. The van der Waals surface area contributed by atoms with Crippen molar-refractivity contribution in [1.82, 2.24) is 0 Å². The Morgan fingerprint density at radius 3 is 2.67 bits per heavy atom. The summed E-state index contributed by atoms with van der Waals surface area (Å²) in [4.78, 5) is 28.1. The standard InChI is InChI=1S/C20H23N3O3S/c1-22(2)16-7-9-17(10-8-16)23-19(25)13-27-20(23)14-5-4-6-15(11-14)21-18(24)12-26-3/h4-11,20H,12-13H2,1-3H3,(H,21,24)/t20-/m0/s1. The molecule has 0 saturated carbocycles. The number of anilines is 3. The molecule has 1 aliphatic heterocycles. The molecule has 0 unspecified atom stereocenters. The first-order valence-electron chi connectivity index (χ1n) is 8.59. The number of methoxy groups -OCH3 is 1. The molecule has 1 heterocycles. The van der Waals surface area contributed by atoms with Gasteiger partial charge in [0.25, 0.3) is 0 Å². The molecule has 0 aromatic heterocycles. The maximum Gasteiger partial charge on any atom is 0.250 e. The number of ether oxygens (including phenoxy) is 1.